The molecule has 0 atom stereocenters. The van der Waals surface area contributed by atoms with Gasteiger partial charge in [-0.3, -0.25) is 0 Å². The molecule has 0 aromatic heterocycles. The number of hydrogen-bond acceptors (Lipinski definition) is 2. The smallest absolute Gasteiger partial charge is 0.328 e. The number of carboxylic acid groups (broad SMARTS) is 2. The first-order valence-electron chi connectivity index (χ1n) is 4.65. The fraction of sp³-hybridized carbons (Fsp3) is 0.600. The fourth-order valence-electron chi connectivity index (χ4n) is 0.809. The van der Waals surface area contributed by atoms with Crippen LogP contribution >= 0.6 is 0 Å². The van der Waals surface area contributed by atoms with Crippen molar-refractivity contribution in [2.75, 3.05) is 0 Å². The van der Waals surface area contributed by atoms with E-state index < -0.39 is 11.9 Å². The molecule has 0 aromatic carbocycles. The van der Waals surface area contributed by atoms with Crippen LogP contribution in [0.25, 0.3) is 0 Å². The van der Waals surface area contributed by atoms with Crippen LogP contribution in [0.2, 0.25) is 7.87 Å². The Kier molecular flexibility index (Phi) is 11.3. The summed E-state index contributed by atoms with van der Waals surface area (Å²) in [6, 6.07) is 0. The summed E-state index contributed by atoms with van der Waals surface area (Å²) in [5, 5.41) is 15.6. The van der Waals surface area contributed by atoms with E-state index in [2.05, 4.69) is 27.7 Å². The molecule has 0 aliphatic heterocycles. The third-order valence-electron chi connectivity index (χ3n) is 1.04. The minimum absolute atomic E-state index is 0.0389. The fourth-order valence-corrected chi connectivity index (χ4v) is 4.61. The molecule has 0 aromatic rings. The third kappa shape index (κ3) is 24.7. The molecule has 86 valence electrons. The van der Waals surface area contributed by atoms with E-state index in [0.717, 1.165) is 7.87 Å². The molecular formula is C10H18O4Sn. The summed E-state index contributed by atoms with van der Waals surface area (Å²) in [5.74, 6) is -2.51. The molecule has 2 radical (unpaired) electrons. The maximum absolute atomic E-state index is 9.55. The van der Waals surface area contributed by atoms with Gasteiger partial charge in [0.1, 0.15) is 0 Å². The van der Waals surface area contributed by atoms with Crippen LogP contribution in [0.15, 0.2) is 12.2 Å². The van der Waals surface area contributed by atoms with E-state index >= 15 is 0 Å². The number of hydrogen-bond donors (Lipinski definition) is 2. The van der Waals surface area contributed by atoms with Gasteiger partial charge in [0.05, 0.1) is 0 Å². The second kappa shape index (κ2) is 10.0. The third-order valence-corrected chi connectivity index (χ3v) is 4.84. The maximum Gasteiger partial charge on any atom is 0.328 e. The van der Waals surface area contributed by atoms with Gasteiger partial charge >= 0.3 is 68.6 Å². The van der Waals surface area contributed by atoms with Gasteiger partial charge < -0.3 is 10.2 Å². The summed E-state index contributed by atoms with van der Waals surface area (Å²) in [7, 11) is 0. The van der Waals surface area contributed by atoms with Crippen LogP contribution in [-0.4, -0.2) is 43.3 Å². The molecule has 15 heavy (non-hydrogen) atoms. The van der Waals surface area contributed by atoms with Gasteiger partial charge in [-0.2, -0.15) is 0 Å². The Labute approximate surface area is 101 Å². The van der Waals surface area contributed by atoms with Crippen molar-refractivity contribution in [3.63, 3.8) is 0 Å². The van der Waals surface area contributed by atoms with Crippen LogP contribution in [0, 0.1) is 0 Å². The molecule has 0 aliphatic rings. The van der Waals surface area contributed by atoms with Gasteiger partial charge in [-0.25, -0.2) is 9.59 Å². The van der Waals surface area contributed by atoms with E-state index in [1.807, 2.05) is 0 Å². The number of rotatable bonds is 4. The summed E-state index contributed by atoms with van der Waals surface area (Å²) < 4.78 is 2.09. The Bertz CT molecular complexity index is 199. The summed E-state index contributed by atoms with van der Waals surface area (Å²) in [5.41, 5.74) is 0. The SMILES string of the molecule is C[CH](C)[Sn][CH](C)C.O=C(O)C=CC(=O)O. The Morgan fingerprint density at radius 3 is 1.27 bits per heavy atom. The molecule has 0 bridgehead atoms. The van der Waals surface area contributed by atoms with E-state index in [1.165, 1.54) is 0 Å². The standard InChI is InChI=1S/C4H4O4.2C3H7.Sn/c5-3(6)1-2-4(7)8;2*1-3-2;/h1-2H,(H,5,6)(H,7,8);2*3H,1-2H3;. The summed E-state index contributed by atoms with van der Waals surface area (Å²) in [4.78, 5) is 19.1. The monoisotopic (exact) mass is 322 g/mol. The zero-order valence-corrected chi connectivity index (χ0v) is 12.4. The molecule has 5 heteroatoms. The zero-order valence-electron chi connectivity index (χ0n) is 9.52. The Morgan fingerprint density at radius 2 is 1.20 bits per heavy atom. The molecule has 0 saturated carbocycles. The van der Waals surface area contributed by atoms with Gasteiger partial charge in [-0.05, 0) is 0 Å². The van der Waals surface area contributed by atoms with Gasteiger partial charge in [-0.15, -0.1) is 0 Å². The van der Waals surface area contributed by atoms with Crippen molar-refractivity contribution >= 4 is 33.1 Å². The first kappa shape index (κ1) is 16.9. The van der Waals surface area contributed by atoms with Crippen LogP contribution in [0.4, 0.5) is 0 Å². The molecule has 0 heterocycles. The van der Waals surface area contributed by atoms with Crippen LogP contribution in [0.5, 0.6) is 0 Å². The number of carboxylic acids is 2. The Morgan fingerprint density at radius 1 is 0.933 bits per heavy atom. The van der Waals surface area contributed by atoms with Crippen LogP contribution in [0.1, 0.15) is 27.7 Å². The normalized spacial score (nSPS) is 10.3. The minimum Gasteiger partial charge on any atom is -0.478 e. The summed E-state index contributed by atoms with van der Waals surface area (Å²) in [6.07, 6.45) is 1.12. The average Bonchev–Trinajstić information content (AvgIpc) is 1.99. The predicted molar refractivity (Wildman–Crippen MR) is 60.4 cm³/mol. The Balaban J connectivity index is 0. The van der Waals surface area contributed by atoms with Crippen molar-refractivity contribution in [2.45, 2.75) is 35.6 Å². The molecule has 0 amide bonds. The molecule has 2 N–H and O–H groups in total. The largest absolute Gasteiger partial charge is 0.478 e. The summed E-state index contributed by atoms with van der Waals surface area (Å²) in [6.45, 7) is 9.36. The maximum atomic E-state index is 9.55. The van der Waals surface area contributed by atoms with Crippen molar-refractivity contribution in [2.24, 2.45) is 0 Å². The molecule has 0 rings (SSSR count). The molecule has 4 nitrogen and oxygen atoms in total. The second-order valence-electron chi connectivity index (χ2n) is 3.49. The van der Waals surface area contributed by atoms with Crippen LogP contribution in [0.3, 0.4) is 0 Å². The van der Waals surface area contributed by atoms with Gasteiger partial charge in [0.25, 0.3) is 0 Å². The van der Waals surface area contributed by atoms with Gasteiger partial charge in [0.15, 0.2) is 0 Å². The van der Waals surface area contributed by atoms with Crippen molar-refractivity contribution < 1.29 is 19.8 Å². The van der Waals surface area contributed by atoms with Crippen molar-refractivity contribution in [3.8, 4) is 0 Å². The quantitative estimate of drug-likeness (QED) is 0.614. The van der Waals surface area contributed by atoms with E-state index in [9.17, 15) is 9.59 Å². The number of aliphatic carboxylic acids is 2. The molecule has 0 aliphatic carbocycles. The minimum atomic E-state index is -1.26. The Hall–Kier alpha value is -0.521. The van der Waals surface area contributed by atoms with Gasteiger partial charge in [-0.1, -0.05) is 0 Å². The molecule has 0 saturated heterocycles. The van der Waals surface area contributed by atoms with E-state index in [-0.39, 0.29) is 21.1 Å². The van der Waals surface area contributed by atoms with E-state index in [4.69, 9.17) is 10.2 Å². The van der Waals surface area contributed by atoms with Crippen molar-refractivity contribution in [1.82, 2.24) is 0 Å². The van der Waals surface area contributed by atoms with Crippen LogP contribution < -0.4 is 0 Å². The van der Waals surface area contributed by atoms with Crippen molar-refractivity contribution in [3.05, 3.63) is 12.2 Å². The first-order chi connectivity index (χ1) is 6.75. The van der Waals surface area contributed by atoms with E-state index in [1.54, 1.807) is 0 Å². The second-order valence-corrected chi connectivity index (χ2v) is 11.0. The predicted octanol–water partition coefficient (Wildman–Crippen LogP) is 2.06. The summed E-state index contributed by atoms with van der Waals surface area (Å²) >= 11 is 0.0389. The molecule has 0 spiro atoms. The first-order valence-corrected chi connectivity index (χ1v) is 7.95. The van der Waals surface area contributed by atoms with Gasteiger partial charge in [0.2, 0.25) is 0 Å². The van der Waals surface area contributed by atoms with Crippen molar-refractivity contribution in [1.29, 1.82) is 0 Å². The zero-order chi connectivity index (χ0) is 12.4. The van der Waals surface area contributed by atoms with Gasteiger partial charge in [0, 0.05) is 12.2 Å². The molecule has 0 unspecified atom stereocenters. The molecular weight excluding hydrogens is 303 g/mol. The molecule has 0 fully saturated rings. The topological polar surface area (TPSA) is 74.6 Å². The number of carbonyl (C=O) groups is 2. The average molecular weight is 321 g/mol. The van der Waals surface area contributed by atoms with E-state index in [0.29, 0.717) is 12.2 Å². The van der Waals surface area contributed by atoms with Crippen LogP contribution in [-0.2, 0) is 9.59 Å².